The van der Waals surface area contributed by atoms with Crippen molar-refractivity contribution in [1.29, 1.82) is 0 Å². The lowest BCUT2D eigenvalue weighted by atomic mass is 9.68. The Hall–Kier alpha value is -0.570. The van der Waals surface area contributed by atoms with Crippen LogP contribution in [0, 0.1) is 5.41 Å². The predicted molar refractivity (Wildman–Crippen MR) is 60.6 cm³/mol. The monoisotopic (exact) mass is 210 g/mol. The zero-order valence-electron chi connectivity index (χ0n) is 10.0. The summed E-state index contributed by atoms with van der Waals surface area (Å²) < 4.78 is 0. The maximum absolute atomic E-state index is 11.4. The molecule has 0 aromatic carbocycles. The second-order valence-corrected chi connectivity index (χ2v) is 6.03. The first-order valence-corrected chi connectivity index (χ1v) is 5.98. The summed E-state index contributed by atoms with van der Waals surface area (Å²) in [6.45, 7) is 7.44. The molecule has 1 spiro atoms. The van der Waals surface area contributed by atoms with Crippen molar-refractivity contribution in [2.24, 2.45) is 5.41 Å². The van der Waals surface area contributed by atoms with Crippen molar-refractivity contribution >= 4 is 5.91 Å². The van der Waals surface area contributed by atoms with Crippen LogP contribution in [0.1, 0.15) is 46.5 Å². The normalized spacial score (nSPS) is 33.8. The van der Waals surface area contributed by atoms with Gasteiger partial charge in [-0.05, 0) is 38.0 Å². The number of nitrogens with one attached hydrogen (secondary N) is 2. The molecule has 2 rings (SSSR count). The molecule has 15 heavy (non-hydrogen) atoms. The quantitative estimate of drug-likeness (QED) is 0.635. The van der Waals surface area contributed by atoms with E-state index < -0.39 is 0 Å². The van der Waals surface area contributed by atoms with E-state index in [1.165, 1.54) is 25.7 Å². The van der Waals surface area contributed by atoms with Gasteiger partial charge >= 0.3 is 0 Å². The molecule has 1 aliphatic heterocycles. The average molecular weight is 210 g/mol. The van der Waals surface area contributed by atoms with Gasteiger partial charge in [-0.15, -0.1) is 0 Å². The topological polar surface area (TPSA) is 41.1 Å². The molecular weight excluding hydrogens is 188 g/mol. The minimum Gasteiger partial charge on any atom is -0.353 e. The van der Waals surface area contributed by atoms with Crippen molar-refractivity contribution < 1.29 is 4.79 Å². The van der Waals surface area contributed by atoms with Gasteiger partial charge in [0.2, 0.25) is 5.91 Å². The minimum absolute atomic E-state index is 0.0278. The van der Waals surface area contributed by atoms with Crippen LogP contribution >= 0.6 is 0 Å². The van der Waals surface area contributed by atoms with Crippen LogP contribution in [0.5, 0.6) is 0 Å². The minimum atomic E-state index is -0.0278. The lowest BCUT2D eigenvalue weighted by Crippen LogP contribution is -2.66. The van der Waals surface area contributed by atoms with Gasteiger partial charge in [0, 0.05) is 12.1 Å². The van der Waals surface area contributed by atoms with Crippen LogP contribution in [0.2, 0.25) is 0 Å². The molecule has 0 aromatic heterocycles. The molecule has 1 atom stereocenters. The number of piperazine rings is 1. The molecule has 0 bridgehead atoms. The smallest absolute Gasteiger partial charge is 0.236 e. The highest BCUT2D eigenvalue weighted by Crippen LogP contribution is 2.40. The van der Waals surface area contributed by atoms with Crippen molar-refractivity contribution in [2.45, 2.75) is 58.0 Å². The highest BCUT2D eigenvalue weighted by atomic mass is 16.2. The van der Waals surface area contributed by atoms with Crippen molar-refractivity contribution in [3.63, 3.8) is 0 Å². The van der Waals surface area contributed by atoms with Crippen LogP contribution in [-0.4, -0.2) is 24.0 Å². The number of carbonyl (C=O) groups excluding carboxylic acids is 1. The highest BCUT2D eigenvalue weighted by molar-refractivity contribution is 5.82. The largest absolute Gasteiger partial charge is 0.353 e. The fourth-order valence-corrected chi connectivity index (χ4v) is 2.71. The maximum Gasteiger partial charge on any atom is 0.236 e. The van der Waals surface area contributed by atoms with Gasteiger partial charge in [0.1, 0.15) is 0 Å². The fraction of sp³-hybridized carbons (Fsp3) is 0.917. The molecule has 3 nitrogen and oxygen atoms in total. The Morgan fingerprint density at radius 2 is 1.80 bits per heavy atom. The van der Waals surface area contributed by atoms with Gasteiger partial charge in [-0.1, -0.05) is 13.8 Å². The van der Waals surface area contributed by atoms with Gasteiger partial charge in [0.25, 0.3) is 0 Å². The Bertz CT molecular complexity index is 263. The van der Waals surface area contributed by atoms with Crippen LogP contribution in [0.25, 0.3) is 0 Å². The molecule has 1 saturated heterocycles. The van der Waals surface area contributed by atoms with Crippen LogP contribution in [0.3, 0.4) is 0 Å². The van der Waals surface area contributed by atoms with E-state index in [9.17, 15) is 4.79 Å². The summed E-state index contributed by atoms with van der Waals surface area (Å²) >= 11 is 0. The van der Waals surface area contributed by atoms with Gasteiger partial charge < -0.3 is 5.32 Å². The summed E-state index contributed by atoms with van der Waals surface area (Å²) in [6.07, 6.45) is 4.88. The lowest BCUT2D eigenvalue weighted by Gasteiger charge is -2.47. The Balaban J connectivity index is 2.01. The van der Waals surface area contributed by atoms with E-state index >= 15 is 0 Å². The first-order valence-electron chi connectivity index (χ1n) is 5.98. The summed E-state index contributed by atoms with van der Waals surface area (Å²) in [5, 5.41) is 6.53. The first kappa shape index (κ1) is 10.9. The Morgan fingerprint density at radius 1 is 1.20 bits per heavy atom. The molecule has 0 radical (unpaired) electrons. The van der Waals surface area contributed by atoms with Gasteiger partial charge in [0.15, 0.2) is 0 Å². The fourth-order valence-electron chi connectivity index (χ4n) is 2.71. The molecule has 1 unspecified atom stereocenters. The number of carbonyl (C=O) groups is 1. The Labute approximate surface area is 92.0 Å². The standard InChI is InChI=1S/C12H22N2O/c1-9-10(15)13-8-12(14-9)6-4-11(2,3)5-7-12/h9,14H,4-8H2,1-3H3,(H,13,15). The molecule has 1 heterocycles. The summed E-state index contributed by atoms with van der Waals surface area (Å²) in [5.74, 6) is 0.144. The zero-order valence-corrected chi connectivity index (χ0v) is 10.0. The van der Waals surface area contributed by atoms with Gasteiger partial charge in [-0.25, -0.2) is 0 Å². The summed E-state index contributed by atoms with van der Waals surface area (Å²) in [4.78, 5) is 11.4. The molecule has 2 N–H and O–H groups in total. The molecule has 1 amide bonds. The summed E-state index contributed by atoms with van der Waals surface area (Å²) in [6, 6.07) is -0.0278. The zero-order chi connectivity index (χ0) is 11.1. The second kappa shape index (κ2) is 3.48. The van der Waals surface area contributed by atoms with Crippen LogP contribution in [0.4, 0.5) is 0 Å². The first-order chi connectivity index (χ1) is 6.93. The van der Waals surface area contributed by atoms with Crippen LogP contribution in [0.15, 0.2) is 0 Å². The number of hydrogen-bond donors (Lipinski definition) is 2. The van der Waals surface area contributed by atoms with Gasteiger partial charge in [-0.3, -0.25) is 10.1 Å². The highest BCUT2D eigenvalue weighted by Gasteiger charge is 2.42. The van der Waals surface area contributed by atoms with E-state index in [-0.39, 0.29) is 17.5 Å². The molecular formula is C12H22N2O. The molecule has 2 fully saturated rings. The van der Waals surface area contributed by atoms with Crippen LogP contribution in [-0.2, 0) is 4.79 Å². The molecule has 86 valence electrons. The van der Waals surface area contributed by atoms with Crippen molar-refractivity contribution in [2.75, 3.05) is 6.54 Å². The van der Waals surface area contributed by atoms with E-state index in [2.05, 4.69) is 24.5 Å². The third-order valence-electron chi connectivity index (χ3n) is 4.08. The number of amides is 1. The van der Waals surface area contributed by atoms with Crippen molar-refractivity contribution in [3.8, 4) is 0 Å². The van der Waals surface area contributed by atoms with Crippen molar-refractivity contribution in [1.82, 2.24) is 10.6 Å². The Kier molecular flexibility index (Phi) is 2.53. The van der Waals surface area contributed by atoms with Crippen molar-refractivity contribution in [3.05, 3.63) is 0 Å². The van der Waals surface area contributed by atoms with E-state index in [4.69, 9.17) is 0 Å². The van der Waals surface area contributed by atoms with Crippen LogP contribution < -0.4 is 10.6 Å². The third-order valence-corrected chi connectivity index (χ3v) is 4.08. The molecule has 1 aliphatic carbocycles. The lowest BCUT2D eigenvalue weighted by molar-refractivity contribution is -0.126. The maximum atomic E-state index is 11.4. The van der Waals surface area contributed by atoms with E-state index in [1.54, 1.807) is 0 Å². The number of rotatable bonds is 0. The van der Waals surface area contributed by atoms with E-state index in [0.29, 0.717) is 5.41 Å². The second-order valence-electron chi connectivity index (χ2n) is 6.03. The molecule has 3 heteroatoms. The SMILES string of the molecule is CC1NC2(CCC(C)(C)CC2)CNC1=O. The van der Waals surface area contributed by atoms with Gasteiger partial charge in [0.05, 0.1) is 6.04 Å². The van der Waals surface area contributed by atoms with E-state index in [1.807, 2.05) is 6.92 Å². The molecule has 0 aromatic rings. The Morgan fingerprint density at radius 3 is 2.33 bits per heavy atom. The van der Waals surface area contributed by atoms with Gasteiger partial charge in [-0.2, -0.15) is 0 Å². The molecule has 1 saturated carbocycles. The number of hydrogen-bond acceptors (Lipinski definition) is 2. The van der Waals surface area contributed by atoms with E-state index in [0.717, 1.165) is 6.54 Å². The summed E-state index contributed by atoms with van der Waals surface area (Å²) in [7, 11) is 0. The third kappa shape index (κ3) is 2.17. The average Bonchev–Trinajstić information content (AvgIpc) is 2.18. The summed E-state index contributed by atoms with van der Waals surface area (Å²) in [5.41, 5.74) is 0.667. The predicted octanol–water partition coefficient (Wildman–Crippen LogP) is 1.43. The molecule has 2 aliphatic rings.